The zero-order valence-corrected chi connectivity index (χ0v) is 9.85. The summed E-state index contributed by atoms with van der Waals surface area (Å²) >= 11 is 0. The van der Waals surface area contributed by atoms with E-state index >= 15 is 0 Å². The molecule has 0 aliphatic heterocycles. The molecule has 17 heavy (non-hydrogen) atoms. The first-order valence-corrected chi connectivity index (χ1v) is 6.19. The monoisotopic (exact) mass is 237 g/mol. The Morgan fingerprint density at radius 2 is 2.47 bits per heavy atom. The first-order valence-electron chi connectivity index (χ1n) is 6.19. The van der Waals surface area contributed by atoms with Crippen LogP contribution in [0.2, 0.25) is 0 Å². The smallest absolute Gasteiger partial charge is 0.223 e. The third kappa shape index (κ3) is 3.56. The largest absolute Gasteiger partial charge is 0.393 e. The fraction of sp³-hybridized carbons (Fsp3) is 0.667. The Hall–Kier alpha value is -1.36. The Morgan fingerprint density at radius 1 is 1.59 bits per heavy atom. The molecule has 3 N–H and O–H groups in total. The van der Waals surface area contributed by atoms with Gasteiger partial charge in [0, 0.05) is 18.7 Å². The van der Waals surface area contributed by atoms with Crippen LogP contribution < -0.4 is 5.32 Å². The minimum absolute atomic E-state index is 0.0110. The van der Waals surface area contributed by atoms with Gasteiger partial charge in [0.05, 0.1) is 12.3 Å². The number of H-pyrrole nitrogens is 1. The van der Waals surface area contributed by atoms with Gasteiger partial charge in [-0.25, -0.2) is 0 Å². The van der Waals surface area contributed by atoms with Gasteiger partial charge in [0.25, 0.3) is 0 Å². The van der Waals surface area contributed by atoms with Gasteiger partial charge in [0.1, 0.15) is 0 Å². The van der Waals surface area contributed by atoms with E-state index in [2.05, 4.69) is 15.5 Å². The second-order valence-corrected chi connectivity index (χ2v) is 4.66. The number of nitrogens with one attached hydrogen (secondary N) is 2. The Morgan fingerprint density at radius 3 is 3.18 bits per heavy atom. The summed E-state index contributed by atoms with van der Waals surface area (Å²) in [5.41, 5.74) is 1.09. The summed E-state index contributed by atoms with van der Waals surface area (Å²) in [5, 5.41) is 19.0. The van der Waals surface area contributed by atoms with E-state index in [1.165, 1.54) is 0 Å². The zero-order chi connectivity index (χ0) is 12.1. The SMILES string of the molecule is O=C(NCCc1cn[nH]c1)[C@H]1CCC[C@@H](O)C1. The van der Waals surface area contributed by atoms with Gasteiger partial charge in [0.15, 0.2) is 0 Å². The standard InChI is InChI=1S/C12H19N3O2/c16-11-3-1-2-10(6-11)12(17)13-5-4-9-7-14-15-8-9/h7-8,10-11,16H,1-6H2,(H,13,17)(H,14,15)/t10-,11+/m0/s1. The van der Waals surface area contributed by atoms with Gasteiger partial charge in [-0.2, -0.15) is 5.10 Å². The molecule has 5 heteroatoms. The lowest BCUT2D eigenvalue weighted by Gasteiger charge is -2.24. The van der Waals surface area contributed by atoms with Crippen LogP contribution >= 0.6 is 0 Å². The number of aliphatic hydroxyl groups excluding tert-OH is 1. The van der Waals surface area contributed by atoms with Crippen molar-refractivity contribution in [1.29, 1.82) is 0 Å². The normalized spacial score (nSPS) is 24.5. The molecule has 0 radical (unpaired) electrons. The molecule has 1 amide bonds. The number of nitrogens with zero attached hydrogens (tertiary/aromatic N) is 1. The highest BCUT2D eigenvalue weighted by molar-refractivity contribution is 5.78. The summed E-state index contributed by atoms with van der Waals surface area (Å²) in [6, 6.07) is 0. The molecule has 2 rings (SSSR count). The van der Waals surface area contributed by atoms with E-state index in [-0.39, 0.29) is 17.9 Å². The fourth-order valence-corrected chi connectivity index (χ4v) is 2.29. The minimum Gasteiger partial charge on any atom is -0.393 e. The Labute approximate surface area is 101 Å². The zero-order valence-electron chi connectivity index (χ0n) is 9.85. The van der Waals surface area contributed by atoms with Crippen LogP contribution in [0.15, 0.2) is 12.4 Å². The van der Waals surface area contributed by atoms with E-state index in [9.17, 15) is 9.90 Å². The van der Waals surface area contributed by atoms with Crippen molar-refractivity contribution in [2.45, 2.75) is 38.2 Å². The van der Waals surface area contributed by atoms with Crippen LogP contribution in [-0.2, 0) is 11.2 Å². The molecule has 0 spiro atoms. The molecule has 1 aromatic rings. The first kappa shape index (κ1) is 12.1. The lowest BCUT2D eigenvalue weighted by Crippen LogP contribution is -2.36. The van der Waals surface area contributed by atoms with Crippen molar-refractivity contribution >= 4 is 5.91 Å². The van der Waals surface area contributed by atoms with Crippen molar-refractivity contribution in [3.05, 3.63) is 18.0 Å². The van der Waals surface area contributed by atoms with E-state index in [0.717, 1.165) is 31.2 Å². The molecule has 1 fully saturated rings. The van der Waals surface area contributed by atoms with E-state index in [0.29, 0.717) is 13.0 Å². The van der Waals surface area contributed by atoms with Crippen molar-refractivity contribution in [3.63, 3.8) is 0 Å². The number of aliphatic hydroxyl groups is 1. The molecule has 1 aliphatic rings. The predicted molar refractivity (Wildman–Crippen MR) is 63.3 cm³/mol. The lowest BCUT2D eigenvalue weighted by atomic mass is 9.87. The van der Waals surface area contributed by atoms with Crippen molar-refractivity contribution < 1.29 is 9.90 Å². The summed E-state index contributed by atoms with van der Waals surface area (Å²) in [6.45, 7) is 0.630. The molecule has 2 atom stereocenters. The number of rotatable bonds is 4. The van der Waals surface area contributed by atoms with Crippen LogP contribution in [0.25, 0.3) is 0 Å². The highest BCUT2D eigenvalue weighted by Gasteiger charge is 2.25. The van der Waals surface area contributed by atoms with Crippen LogP contribution in [0.1, 0.15) is 31.2 Å². The van der Waals surface area contributed by atoms with Gasteiger partial charge < -0.3 is 10.4 Å². The quantitative estimate of drug-likeness (QED) is 0.718. The highest BCUT2D eigenvalue weighted by atomic mass is 16.3. The number of aromatic nitrogens is 2. The maximum atomic E-state index is 11.8. The Balaban J connectivity index is 1.70. The topological polar surface area (TPSA) is 78.0 Å². The Bertz CT molecular complexity index is 351. The minimum atomic E-state index is -0.298. The fourth-order valence-electron chi connectivity index (χ4n) is 2.29. The summed E-state index contributed by atoms with van der Waals surface area (Å²) in [6.07, 6.45) is 7.37. The summed E-state index contributed by atoms with van der Waals surface area (Å²) in [5.74, 6) is 0.0651. The molecule has 1 heterocycles. The summed E-state index contributed by atoms with van der Waals surface area (Å²) in [4.78, 5) is 11.8. The van der Waals surface area contributed by atoms with Gasteiger partial charge in [-0.05, 0) is 31.2 Å². The van der Waals surface area contributed by atoms with Crippen molar-refractivity contribution in [1.82, 2.24) is 15.5 Å². The molecule has 0 saturated heterocycles. The van der Waals surface area contributed by atoms with Crippen LogP contribution in [-0.4, -0.2) is 33.9 Å². The van der Waals surface area contributed by atoms with Crippen LogP contribution in [0, 0.1) is 5.92 Å². The molecule has 0 bridgehead atoms. The average Bonchev–Trinajstić information content (AvgIpc) is 2.82. The summed E-state index contributed by atoms with van der Waals surface area (Å²) in [7, 11) is 0. The van der Waals surface area contributed by atoms with Crippen LogP contribution in [0.5, 0.6) is 0 Å². The van der Waals surface area contributed by atoms with Gasteiger partial charge >= 0.3 is 0 Å². The van der Waals surface area contributed by atoms with E-state index < -0.39 is 0 Å². The molecule has 0 unspecified atom stereocenters. The van der Waals surface area contributed by atoms with Crippen LogP contribution in [0.3, 0.4) is 0 Å². The Kier molecular flexibility index (Phi) is 4.14. The molecular formula is C12H19N3O2. The van der Waals surface area contributed by atoms with Gasteiger partial charge in [-0.3, -0.25) is 9.89 Å². The lowest BCUT2D eigenvalue weighted by molar-refractivity contribution is -0.127. The number of carbonyl (C=O) groups is 1. The molecule has 5 nitrogen and oxygen atoms in total. The predicted octanol–water partition coefficient (Wildman–Crippen LogP) is 0.619. The van der Waals surface area contributed by atoms with Crippen molar-refractivity contribution in [2.24, 2.45) is 5.92 Å². The molecule has 1 aromatic heterocycles. The van der Waals surface area contributed by atoms with Gasteiger partial charge in [-0.1, -0.05) is 6.42 Å². The van der Waals surface area contributed by atoms with E-state index in [4.69, 9.17) is 0 Å². The van der Waals surface area contributed by atoms with Crippen molar-refractivity contribution in [3.8, 4) is 0 Å². The van der Waals surface area contributed by atoms with Crippen molar-refractivity contribution in [2.75, 3.05) is 6.54 Å². The number of carbonyl (C=O) groups excluding carboxylic acids is 1. The third-order valence-corrected chi connectivity index (χ3v) is 3.29. The second kappa shape index (κ2) is 5.82. The maximum absolute atomic E-state index is 11.8. The number of hydrogen-bond donors (Lipinski definition) is 3. The average molecular weight is 237 g/mol. The maximum Gasteiger partial charge on any atom is 0.223 e. The van der Waals surface area contributed by atoms with E-state index in [1.807, 2.05) is 6.20 Å². The number of hydrogen-bond acceptors (Lipinski definition) is 3. The van der Waals surface area contributed by atoms with Gasteiger partial charge in [0.2, 0.25) is 5.91 Å². The first-order chi connectivity index (χ1) is 8.25. The second-order valence-electron chi connectivity index (χ2n) is 4.66. The highest BCUT2D eigenvalue weighted by Crippen LogP contribution is 2.24. The van der Waals surface area contributed by atoms with Crippen LogP contribution in [0.4, 0.5) is 0 Å². The molecule has 0 aromatic carbocycles. The molecular weight excluding hydrogens is 218 g/mol. The molecule has 1 aliphatic carbocycles. The molecule has 1 saturated carbocycles. The summed E-state index contributed by atoms with van der Waals surface area (Å²) < 4.78 is 0. The number of amides is 1. The third-order valence-electron chi connectivity index (χ3n) is 3.29. The molecule has 94 valence electrons. The van der Waals surface area contributed by atoms with Gasteiger partial charge in [-0.15, -0.1) is 0 Å². The number of aromatic amines is 1. The van der Waals surface area contributed by atoms with E-state index in [1.54, 1.807) is 6.20 Å².